The Labute approximate surface area is 144 Å². The van der Waals surface area contributed by atoms with Gasteiger partial charge in [-0.25, -0.2) is 4.68 Å². The molecule has 0 amide bonds. The van der Waals surface area contributed by atoms with Crippen molar-refractivity contribution in [2.75, 3.05) is 13.7 Å². The second kappa shape index (κ2) is 6.46. The average Bonchev–Trinajstić information content (AvgIpc) is 3.29. The maximum atomic E-state index is 5.43. The van der Waals surface area contributed by atoms with Crippen LogP contribution in [0.5, 0.6) is 0 Å². The Morgan fingerprint density at radius 3 is 3.04 bits per heavy atom. The average molecular weight is 344 g/mol. The molecule has 1 atom stereocenters. The maximum Gasteiger partial charge on any atom is 0.120 e. The summed E-state index contributed by atoms with van der Waals surface area (Å²) in [6.45, 7) is 3.20. The quantitative estimate of drug-likeness (QED) is 0.706. The van der Waals surface area contributed by atoms with Crippen LogP contribution in [-0.2, 0) is 31.4 Å². The summed E-state index contributed by atoms with van der Waals surface area (Å²) in [6, 6.07) is 2.48. The number of ether oxygens (including phenoxy) is 1. The molecule has 3 aromatic heterocycles. The standard InChI is InChI=1S/C16H20N6OS/c1-20-7-13(5-17-20)16-15-9-21(6-12-3-4-24-11-12)14(10-23-2)8-22(15)19-18-16/h3-5,7,11,14H,6,8-10H2,1-2H3/t14-/m0/s1. The van der Waals surface area contributed by atoms with Gasteiger partial charge in [-0.15, -0.1) is 5.10 Å². The van der Waals surface area contributed by atoms with Gasteiger partial charge in [-0.2, -0.15) is 16.4 Å². The zero-order chi connectivity index (χ0) is 16.5. The van der Waals surface area contributed by atoms with E-state index in [9.17, 15) is 0 Å². The number of fused-ring (bicyclic) bond motifs is 1. The Morgan fingerprint density at radius 2 is 2.33 bits per heavy atom. The lowest BCUT2D eigenvalue weighted by Gasteiger charge is -2.35. The first-order valence-electron chi connectivity index (χ1n) is 7.90. The van der Waals surface area contributed by atoms with Crippen molar-refractivity contribution in [2.24, 2.45) is 7.05 Å². The molecule has 0 saturated heterocycles. The molecule has 1 aliphatic heterocycles. The number of aromatic nitrogens is 5. The van der Waals surface area contributed by atoms with Crippen molar-refractivity contribution < 1.29 is 4.74 Å². The van der Waals surface area contributed by atoms with Crippen LogP contribution in [0.3, 0.4) is 0 Å². The van der Waals surface area contributed by atoms with Crippen LogP contribution < -0.4 is 0 Å². The molecular weight excluding hydrogens is 324 g/mol. The van der Waals surface area contributed by atoms with Gasteiger partial charge in [0.05, 0.1) is 31.1 Å². The molecule has 0 saturated carbocycles. The highest BCUT2D eigenvalue weighted by Crippen LogP contribution is 2.27. The Bertz CT molecular complexity index is 809. The monoisotopic (exact) mass is 344 g/mol. The minimum absolute atomic E-state index is 0.297. The van der Waals surface area contributed by atoms with Gasteiger partial charge in [-0.3, -0.25) is 9.58 Å². The summed E-state index contributed by atoms with van der Waals surface area (Å²) in [7, 11) is 3.66. The fourth-order valence-electron chi connectivity index (χ4n) is 3.19. The van der Waals surface area contributed by atoms with Gasteiger partial charge in [-0.1, -0.05) is 5.21 Å². The molecule has 126 valence electrons. The SMILES string of the molecule is COC[C@@H]1Cn2nnc(-c3cnn(C)c3)c2CN1Cc1ccsc1. The van der Waals surface area contributed by atoms with E-state index in [-0.39, 0.29) is 0 Å². The van der Waals surface area contributed by atoms with Crippen molar-refractivity contribution in [3.63, 3.8) is 0 Å². The largest absolute Gasteiger partial charge is 0.383 e. The molecule has 3 aromatic rings. The highest BCUT2D eigenvalue weighted by Gasteiger charge is 2.30. The highest BCUT2D eigenvalue weighted by molar-refractivity contribution is 7.07. The topological polar surface area (TPSA) is 61.0 Å². The molecule has 4 heterocycles. The van der Waals surface area contributed by atoms with E-state index in [0.29, 0.717) is 12.6 Å². The minimum Gasteiger partial charge on any atom is -0.383 e. The Morgan fingerprint density at radius 1 is 1.42 bits per heavy atom. The Kier molecular flexibility index (Phi) is 4.17. The second-order valence-corrected chi connectivity index (χ2v) is 6.90. The third kappa shape index (κ3) is 2.88. The molecule has 0 spiro atoms. The molecule has 0 bridgehead atoms. The molecule has 4 rings (SSSR count). The fraction of sp³-hybridized carbons (Fsp3) is 0.438. The van der Waals surface area contributed by atoms with Crippen LogP contribution in [0.15, 0.2) is 29.2 Å². The fourth-order valence-corrected chi connectivity index (χ4v) is 3.85. The number of methoxy groups -OCH3 is 1. The molecule has 0 aliphatic carbocycles. The molecule has 0 N–H and O–H groups in total. The zero-order valence-corrected chi connectivity index (χ0v) is 14.6. The van der Waals surface area contributed by atoms with Crippen molar-refractivity contribution in [3.05, 3.63) is 40.5 Å². The van der Waals surface area contributed by atoms with E-state index in [0.717, 1.165) is 36.6 Å². The lowest BCUT2D eigenvalue weighted by molar-refractivity contribution is 0.0504. The summed E-state index contributed by atoms with van der Waals surface area (Å²) in [6.07, 6.45) is 3.82. The van der Waals surface area contributed by atoms with Gasteiger partial charge in [0.2, 0.25) is 0 Å². The molecule has 0 fully saturated rings. The van der Waals surface area contributed by atoms with E-state index in [2.05, 4.69) is 37.1 Å². The third-order valence-corrected chi connectivity index (χ3v) is 5.13. The normalized spacial score (nSPS) is 18.0. The number of aryl methyl sites for hydroxylation is 1. The van der Waals surface area contributed by atoms with Crippen molar-refractivity contribution in [3.8, 4) is 11.3 Å². The van der Waals surface area contributed by atoms with E-state index in [1.165, 1.54) is 5.56 Å². The van der Waals surface area contributed by atoms with Gasteiger partial charge in [0, 0.05) is 39.0 Å². The molecular formula is C16H20N6OS. The summed E-state index contributed by atoms with van der Waals surface area (Å²) >= 11 is 1.73. The van der Waals surface area contributed by atoms with E-state index < -0.39 is 0 Å². The summed E-state index contributed by atoms with van der Waals surface area (Å²) in [5.41, 5.74) is 4.42. The first-order valence-corrected chi connectivity index (χ1v) is 8.84. The molecule has 0 aromatic carbocycles. The predicted octanol–water partition coefficient (Wildman–Crippen LogP) is 1.77. The summed E-state index contributed by atoms with van der Waals surface area (Å²) < 4.78 is 9.23. The lowest BCUT2D eigenvalue weighted by Crippen LogP contribution is -2.45. The maximum absolute atomic E-state index is 5.43. The lowest BCUT2D eigenvalue weighted by atomic mass is 10.1. The minimum atomic E-state index is 0.297. The van der Waals surface area contributed by atoms with Crippen molar-refractivity contribution in [1.29, 1.82) is 0 Å². The third-order valence-electron chi connectivity index (χ3n) is 4.39. The van der Waals surface area contributed by atoms with E-state index in [1.807, 2.05) is 24.1 Å². The predicted molar refractivity (Wildman–Crippen MR) is 91.5 cm³/mol. The molecule has 0 radical (unpaired) electrons. The molecule has 24 heavy (non-hydrogen) atoms. The van der Waals surface area contributed by atoms with Gasteiger partial charge >= 0.3 is 0 Å². The number of rotatable bonds is 5. The van der Waals surface area contributed by atoms with Crippen molar-refractivity contribution >= 4 is 11.3 Å². The highest BCUT2D eigenvalue weighted by atomic mass is 32.1. The number of hydrogen-bond acceptors (Lipinski definition) is 6. The van der Waals surface area contributed by atoms with Gasteiger partial charge < -0.3 is 4.74 Å². The van der Waals surface area contributed by atoms with Gasteiger partial charge in [0.1, 0.15) is 5.69 Å². The number of nitrogens with zero attached hydrogens (tertiary/aromatic N) is 6. The molecule has 1 aliphatic rings. The van der Waals surface area contributed by atoms with Crippen molar-refractivity contribution in [2.45, 2.75) is 25.7 Å². The van der Waals surface area contributed by atoms with Crippen molar-refractivity contribution in [1.82, 2.24) is 29.7 Å². The van der Waals surface area contributed by atoms with Crippen LogP contribution in [0.25, 0.3) is 11.3 Å². The number of thiophene rings is 1. The second-order valence-electron chi connectivity index (χ2n) is 6.12. The van der Waals surface area contributed by atoms with E-state index >= 15 is 0 Å². The Balaban J connectivity index is 1.64. The zero-order valence-electron chi connectivity index (χ0n) is 13.8. The summed E-state index contributed by atoms with van der Waals surface area (Å²) in [4.78, 5) is 2.45. The Hall–Kier alpha value is -2.03. The van der Waals surface area contributed by atoms with Crippen LogP contribution >= 0.6 is 11.3 Å². The van der Waals surface area contributed by atoms with Crippen LogP contribution in [0.2, 0.25) is 0 Å². The van der Waals surface area contributed by atoms with Gasteiger partial charge in [-0.05, 0) is 22.4 Å². The van der Waals surface area contributed by atoms with Crippen LogP contribution in [0.4, 0.5) is 0 Å². The smallest absolute Gasteiger partial charge is 0.120 e. The first kappa shape index (κ1) is 15.5. The van der Waals surface area contributed by atoms with Crippen LogP contribution in [-0.4, -0.2) is 49.4 Å². The summed E-state index contributed by atoms with van der Waals surface area (Å²) in [5.74, 6) is 0. The summed E-state index contributed by atoms with van der Waals surface area (Å²) in [5, 5.41) is 17.3. The molecule has 8 heteroatoms. The van der Waals surface area contributed by atoms with Crippen LogP contribution in [0.1, 0.15) is 11.3 Å². The van der Waals surface area contributed by atoms with Gasteiger partial charge in [0.15, 0.2) is 0 Å². The first-order chi connectivity index (χ1) is 11.7. The molecule has 0 unspecified atom stereocenters. The van der Waals surface area contributed by atoms with Gasteiger partial charge in [0.25, 0.3) is 0 Å². The molecule has 7 nitrogen and oxygen atoms in total. The van der Waals surface area contributed by atoms with Crippen LogP contribution in [0, 0.1) is 0 Å². The van der Waals surface area contributed by atoms with E-state index in [1.54, 1.807) is 23.1 Å². The number of hydrogen-bond donors (Lipinski definition) is 0. The van der Waals surface area contributed by atoms with E-state index in [4.69, 9.17) is 4.74 Å².